The van der Waals surface area contributed by atoms with E-state index >= 15 is 0 Å². The maximum atomic E-state index is 11.5. The van der Waals surface area contributed by atoms with Gasteiger partial charge in [-0.15, -0.1) is 11.3 Å². The SMILES string of the molecule is O=C1CCC(Nc2nc(-c3ccsc3)nc3scc(-c4ccccc4)c23)CN1. The summed E-state index contributed by atoms with van der Waals surface area (Å²) in [4.78, 5) is 22.2. The number of carbonyl (C=O) groups excluding carboxylic acids is 1. The minimum absolute atomic E-state index is 0.116. The Kier molecular flexibility index (Phi) is 4.54. The molecule has 1 amide bonds. The van der Waals surface area contributed by atoms with Crippen molar-refractivity contribution < 1.29 is 4.79 Å². The standard InChI is InChI=1S/C21H18N4OS2/c26-17-7-6-15(10-22-17)23-20-18-16(13-4-2-1-3-5-13)12-28-21(18)25-19(24-20)14-8-9-27-11-14/h1-5,8-9,11-12,15H,6-7,10H2,(H,22,26)(H,23,24,25). The van der Waals surface area contributed by atoms with Gasteiger partial charge in [-0.05, 0) is 23.4 Å². The summed E-state index contributed by atoms with van der Waals surface area (Å²) in [5.74, 6) is 1.69. The van der Waals surface area contributed by atoms with Crippen molar-refractivity contribution in [1.82, 2.24) is 15.3 Å². The van der Waals surface area contributed by atoms with E-state index < -0.39 is 0 Å². The molecule has 1 saturated heterocycles. The number of anilines is 1. The van der Waals surface area contributed by atoms with E-state index in [1.807, 2.05) is 29.6 Å². The summed E-state index contributed by atoms with van der Waals surface area (Å²) in [6, 6.07) is 12.5. The molecule has 2 N–H and O–H groups in total. The van der Waals surface area contributed by atoms with Gasteiger partial charge in [-0.1, -0.05) is 30.3 Å². The average Bonchev–Trinajstić information content (AvgIpc) is 3.40. The number of nitrogens with one attached hydrogen (secondary N) is 2. The molecule has 0 bridgehead atoms. The monoisotopic (exact) mass is 406 g/mol. The highest BCUT2D eigenvalue weighted by atomic mass is 32.1. The summed E-state index contributed by atoms with van der Waals surface area (Å²) in [7, 11) is 0. The molecule has 3 aromatic heterocycles. The highest BCUT2D eigenvalue weighted by Gasteiger charge is 2.22. The van der Waals surface area contributed by atoms with Crippen LogP contribution in [0.15, 0.2) is 52.5 Å². The number of hydrogen-bond acceptors (Lipinski definition) is 6. The second-order valence-corrected chi connectivity index (χ2v) is 8.43. The molecule has 0 radical (unpaired) electrons. The molecule has 7 heteroatoms. The van der Waals surface area contributed by atoms with Gasteiger partial charge in [0.1, 0.15) is 10.6 Å². The molecule has 1 atom stereocenters. The number of benzene rings is 1. The summed E-state index contributed by atoms with van der Waals surface area (Å²) < 4.78 is 0. The quantitative estimate of drug-likeness (QED) is 0.512. The Hall–Kier alpha value is -2.77. The third-order valence-electron chi connectivity index (χ3n) is 4.90. The summed E-state index contributed by atoms with van der Waals surface area (Å²) in [5, 5.41) is 13.8. The highest BCUT2D eigenvalue weighted by molar-refractivity contribution is 7.17. The predicted molar refractivity (Wildman–Crippen MR) is 116 cm³/mol. The van der Waals surface area contributed by atoms with Gasteiger partial charge in [-0.3, -0.25) is 4.79 Å². The first kappa shape index (κ1) is 17.3. The van der Waals surface area contributed by atoms with Gasteiger partial charge in [-0.2, -0.15) is 11.3 Å². The van der Waals surface area contributed by atoms with Crippen LogP contribution in [-0.2, 0) is 4.79 Å². The molecule has 0 saturated carbocycles. The van der Waals surface area contributed by atoms with Crippen LogP contribution in [0.4, 0.5) is 5.82 Å². The third-order valence-corrected chi connectivity index (χ3v) is 6.46. The Morgan fingerprint density at radius 2 is 1.96 bits per heavy atom. The smallest absolute Gasteiger partial charge is 0.220 e. The minimum atomic E-state index is 0.116. The largest absolute Gasteiger partial charge is 0.365 e. The zero-order chi connectivity index (χ0) is 18.9. The topological polar surface area (TPSA) is 66.9 Å². The second kappa shape index (κ2) is 7.33. The number of hydrogen-bond donors (Lipinski definition) is 2. The number of nitrogens with zero attached hydrogens (tertiary/aromatic N) is 2. The maximum Gasteiger partial charge on any atom is 0.220 e. The fraction of sp³-hybridized carbons (Fsp3) is 0.190. The Bertz CT molecular complexity index is 1110. The van der Waals surface area contributed by atoms with Crippen molar-refractivity contribution in [2.24, 2.45) is 0 Å². The van der Waals surface area contributed by atoms with Crippen molar-refractivity contribution in [3.8, 4) is 22.5 Å². The lowest BCUT2D eigenvalue weighted by Crippen LogP contribution is -2.42. The van der Waals surface area contributed by atoms with Crippen LogP contribution >= 0.6 is 22.7 Å². The minimum Gasteiger partial charge on any atom is -0.365 e. The van der Waals surface area contributed by atoms with Crippen LogP contribution in [0.3, 0.4) is 0 Å². The molecule has 1 unspecified atom stereocenters. The lowest BCUT2D eigenvalue weighted by molar-refractivity contribution is -0.122. The summed E-state index contributed by atoms with van der Waals surface area (Å²) in [6.07, 6.45) is 1.34. The molecular weight excluding hydrogens is 388 g/mol. The van der Waals surface area contributed by atoms with Crippen molar-refractivity contribution in [3.63, 3.8) is 0 Å². The summed E-state index contributed by atoms with van der Waals surface area (Å²) >= 11 is 3.28. The third kappa shape index (κ3) is 3.27. The first-order valence-electron chi connectivity index (χ1n) is 9.18. The molecule has 0 spiro atoms. The fourth-order valence-electron chi connectivity index (χ4n) is 3.45. The molecule has 140 valence electrons. The first-order valence-corrected chi connectivity index (χ1v) is 11.0. The van der Waals surface area contributed by atoms with Gasteiger partial charge in [0.25, 0.3) is 0 Å². The molecule has 4 aromatic rings. The Labute approximate surface area is 170 Å². The Morgan fingerprint density at radius 1 is 1.07 bits per heavy atom. The normalized spacial score (nSPS) is 16.9. The summed E-state index contributed by atoms with van der Waals surface area (Å²) in [6.45, 7) is 0.614. The lowest BCUT2D eigenvalue weighted by atomic mass is 10.0. The van der Waals surface area contributed by atoms with Crippen molar-refractivity contribution in [3.05, 3.63) is 52.5 Å². The number of piperidine rings is 1. The van der Waals surface area contributed by atoms with Gasteiger partial charge >= 0.3 is 0 Å². The van der Waals surface area contributed by atoms with E-state index in [4.69, 9.17) is 9.97 Å². The lowest BCUT2D eigenvalue weighted by Gasteiger charge is -2.24. The van der Waals surface area contributed by atoms with Gasteiger partial charge < -0.3 is 10.6 Å². The molecule has 1 aromatic carbocycles. The molecular formula is C21H18N4OS2. The van der Waals surface area contributed by atoms with E-state index in [1.54, 1.807) is 22.7 Å². The van der Waals surface area contributed by atoms with Gasteiger partial charge in [0.05, 0.1) is 5.39 Å². The van der Waals surface area contributed by atoms with Gasteiger partial charge in [0, 0.05) is 40.9 Å². The molecule has 5 rings (SSSR count). The number of rotatable bonds is 4. The van der Waals surface area contributed by atoms with E-state index in [9.17, 15) is 4.79 Å². The maximum absolute atomic E-state index is 11.5. The zero-order valence-electron chi connectivity index (χ0n) is 15.0. The molecule has 1 fully saturated rings. The van der Waals surface area contributed by atoms with Crippen LogP contribution in [0.2, 0.25) is 0 Å². The molecule has 0 aliphatic carbocycles. The molecule has 5 nitrogen and oxygen atoms in total. The number of carbonyl (C=O) groups is 1. The number of fused-ring (bicyclic) bond motifs is 1. The van der Waals surface area contributed by atoms with E-state index in [0.29, 0.717) is 13.0 Å². The average molecular weight is 407 g/mol. The van der Waals surface area contributed by atoms with Crippen molar-refractivity contribution in [1.29, 1.82) is 0 Å². The van der Waals surface area contributed by atoms with E-state index in [-0.39, 0.29) is 11.9 Å². The van der Waals surface area contributed by atoms with E-state index in [1.165, 1.54) is 0 Å². The van der Waals surface area contributed by atoms with Gasteiger partial charge in [0.2, 0.25) is 5.91 Å². The molecule has 4 heterocycles. The second-order valence-electron chi connectivity index (χ2n) is 6.79. The Morgan fingerprint density at radius 3 is 2.71 bits per heavy atom. The zero-order valence-corrected chi connectivity index (χ0v) is 16.6. The van der Waals surface area contributed by atoms with Crippen LogP contribution < -0.4 is 10.6 Å². The number of amides is 1. The van der Waals surface area contributed by atoms with Gasteiger partial charge in [-0.25, -0.2) is 9.97 Å². The van der Waals surface area contributed by atoms with Crippen LogP contribution in [0.5, 0.6) is 0 Å². The molecule has 28 heavy (non-hydrogen) atoms. The summed E-state index contributed by atoms with van der Waals surface area (Å²) in [5.41, 5.74) is 3.32. The predicted octanol–water partition coefficient (Wildman–Crippen LogP) is 4.78. The van der Waals surface area contributed by atoms with Crippen LogP contribution in [0, 0.1) is 0 Å². The fourth-order valence-corrected chi connectivity index (χ4v) is 5.03. The van der Waals surface area contributed by atoms with Crippen LogP contribution in [-0.4, -0.2) is 28.5 Å². The van der Waals surface area contributed by atoms with Crippen molar-refractivity contribution in [2.75, 3.05) is 11.9 Å². The van der Waals surface area contributed by atoms with Crippen LogP contribution in [0.1, 0.15) is 12.8 Å². The van der Waals surface area contributed by atoms with Crippen molar-refractivity contribution >= 4 is 44.6 Å². The highest BCUT2D eigenvalue weighted by Crippen LogP contribution is 2.38. The van der Waals surface area contributed by atoms with Gasteiger partial charge in [0.15, 0.2) is 5.82 Å². The molecule has 1 aliphatic rings. The van der Waals surface area contributed by atoms with E-state index in [2.05, 4.69) is 33.5 Å². The number of aromatic nitrogens is 2. The molecule has 1 aliphatic heterocycles. The first-order chi connectivity index (χ1) is 13.8. The van der Waals surface area contributed by atoms with E-state index in [0.717, 1.165) is 45.0 Å². The Balaban J connectivity index is 1.63. The van der Waals surface area contributed by atoms with Crippen LogP contribution in [0.25, 0.3) is 32.7 Å². The van der Waals surface area contributed by atoms with Crippen molar-refractivity contribution in [2.45, 2.75) is 18.9 Å². The number of thiophene rings is 2.